The molecule has 0 saturated carbocycles. The summed E-state index contributed by atoms with van der Waals surface area (Å²) in [6, 6.07) is 18.1. The van der Waals surface area contributed by atoms with Gasteiger partial charge in [0.15, 0.2) is 5.69 Å². The molecule has 0 radical (unpaired) electrons. The van der Waals surface area contributed by atoms with Crippen LogP contribution in [0, 0.1) is 5.92 Å². The van der Waals surface area contributed by atoms with Gasteiger partial charge in [0.2, 0.25) is 11.8 Å². The summed E-state index contributed by atoms with van der Waals surface area (Å²) in [5, 5.41) is 21.2. The van der Waals surface area contributed by atoms with E-state index in [0.717, 1.165) is 91.4 Å². The van der Waals surface area contributed by atoms with Crippen LogP contribution in [-0.4, -0.2) is 162 Å². The molecular formula is C50H64ClN11O4. The maximum atomic E-state index is 14.1. The molecule has 2 aromatic carbocycles. The standard InChI is InChI=1S/C50H64ClN11O4/c1-3-34-5-4-6-37(24-34)38-25-42-46(55-26-38)50(66)62-22-17-59(30-40(62)27-54-42)29-35-11-15-58(16-12-35)31-44(64)53-14-13-52-28-41(36-7-9-39(51)10-8-36)49(65)61-20-18-60(19-21-61)48-45-33(2)23-43(63)47(45)56-32-57-48/h4-10,24-26,32-33,35,40-41,43,52,54,63H,3,11-23,27-31H2,1-2H3,(H,53,64)/t33-,40?,41-,43-/m1/s1. The minimum Gasteiger partial charge on any atom is -0.387 e. The number of piperazine rings is 2. The molecular weight excluding hydrogens is 854 g/mol. The molecule has 1 unspecified atom stereocenters. The Hall–Kier alpha value is -5.19. The third kappa shape index (κ3) is 10.3. The van der Waals surface area contributed by atoms with Gasteiger partial charge in [0.1, 0.15) is 12.1 Å². The molecule has 1 aliphatic carbocycles. The second kappa shape index (κ2) is 20.8. The zero-order valence-corrected chi connectivity index (χ0v) is 39.1. The highest BCUT2D eigenvalue weighted by Gasteiger charge is 2.37. The minimum absolute atomic E-state index is 0.00921. The number of nitrogens with zero attached hydrogens (tertiary/aromatic N) is 8. The van der Waals surface area contributed by atoms with Crippen LogP contribution < -0.4 is 20.9 Å². The Morgan fingerprint density at radius 1 is 0.924 bits per heavy atom. The van der Waals surface area contributed by atoms with E-state index >= 15 is 0 Å². The third-order valence-electron chi connectivity index (χ3n) is 14.4. The van der Waals surface area contributed by atoms with Crippen molar-refractivity contribution < 1.29 is 19.5 Å². The number of amides is 3. The van der Waals surface area contributed by atoms with Gasteiger partial charge in [-0.3, -0.25) is 24.2 Å². The number of hydrogen-bond donors (Lipinski definition) is 4. The molecule has 3 fully saturated rings. The van der Waals surface area contributed by atoms with E-state index in [0.29, 0.717) is 88.5 Å². The summed E-state index contributed by atoms with van der Waals surface area (Å²) in [7, 11) is 0. The molecule has 16 heteroatoms. The van der Waals surface area contributed by atoms with Gasteiger partial charge >= 0.3 is 0 Å². The number of aryl methyl sites for hydroxylation is 1. The lowest BCUT2D eigenvalue weighted by Crippen LogP contribution is -2.57. The van der Waals surface area contributed by atoms with Crippen molar-refractivity contribution >= 4 is 40.8 Å². The Bertz CT molecular complexity index is 2350. The number of aliphatic hydroxyl groups excluding tert-OH is 1. The predicted molar refractivity (Wildman–Crippen MR) is 257 cm³/mol. The van der Waals surface area contributed by atoms with E-state index in [9.17, 15) is 19.5 Å². The van der Waals surface area contributed by atoms with Crippen LogP contribution in [-0.2, 0) is 16.0 Å². The number of carbonyl (C=O) groups is 3. The molecule has 6 heterocycles. The van der Waals surface area contributed by atoms with Crippen molar-refractivity contribution in [1.29, 1.82) is 0 Å². The second-order valence-electron chi connectivity index (χ2n) is 18.8. The lowest BCUT2D eigenvalue weighted by Gasteiger charge is -2.42. The Morgan fingerprint density at radius 2 is 1.73 bits per heavy atom. The minimum atomic E-state index is -0.563. The zero-order chi connectivity index (χ0) is 45.7. The molecule has 66 heavy (non-hydrogen) atoms. The highest BCUT2D eigenvalue weighted by molar-refractivity contribution is 6.30. The fourth-order valence-corrected chi connectivity index (χ4v) is 10.8. The smallest absolute Gasteiger partial charge is 0.275 e. The number of aliphatic hydroxyl groups is 1. The number of rotatable bonds is 14. The number of halogens is 1. The van der Waals surface area contributed by atoms with Crippen LogP contribution in [0.4, 0.5) is 11.5 Å². The number of nitrogens with one attached hydrogen (secondary N) is 3. The van der Waals surface area contributed by atoms with E-state index in [1.807, 2.05) is 40.3 Å². The van der Waals surface area contributed by atoms with Crippen molar-refractivity contribution in [2.24, 2.45) is 5.92 Å². The van der Waals surface area contributed by atoms with E-state index in [1.54, 1.807) is 0 Å². The number of carbonyl (C=O) groups excluding carboxylic acids is 3. The van der Waals surface area contributed by atoms with Crippen molar-refractivity contribution in [1.82, 2.24) is 45.2 Å². The number of fused-ring (bicyclic) bond motifs is 3. The molecule has 4 atom stereocenters. The van der Waals surface area contributed by atoms with E-state index in [4.69, 9.17) is 11.6 Å². The molecule has 0 bridgehead atoms. The van der Waals surface area contributed by atoms with Gasteiger partial charge in [0.05, 0.1) is 36.0 Å². The molecule has 4 aromatic rings. The number of benzene rings is 2. The van der Waals surface area contributed by atoms with Crippen LogP contribution in [0.25, 0.3) is 11.1 Å². The molecule has 9 rings (SSSR count). The molecule has 5 aliphatic rings. The fraction of sp³-hybridized carbons (Fsp3) is 0.520. The van der Waals surface area contributed by atoms with Crippen LogP contribution >= 0.6 is 11.6 Å². The lowest BCUT2D eigenvalue weighted by atomic mass is 9.95. The highest BCUT2D eigenvalue weighted by atomic mass is 35.5. The van der Waals surface area contributed by atoms with Gasteiger partial charge in [0.25, 0.3) is 5.91 Å². The predicted octanol–water partition coefficient (Wildman–Crippen LogP) is 4.40. The summed E-state index contributed by atoms with van der Waals surface area (Å²) in [4.78, 5) is 65.5. The zero-order valence-electron chi connectivity index (χ0n) is 38.3. The lowest BCUT2D eigenvalue weighted by molar-refractivity contribution is -0.133. The normalized spacial score (nSPS) is 22.0. The third-order valence-corrected chi connectivity index (χ3v) is 14.7. The van der Waals surface area contributed by atoms with Gasteiger partial charge in [-0.05, 0) is 85.5 Å². The Morgan fingerprint density at radius 3 is 2.52 bits per heavy atom. The first kappa shape index (κ1) is 45.9. The number of likely N-dealkylation sites (tertiary alicyclic amines) is 1. The van der Waals surface area contributed by atoms with Gasteiger partial charge < -0.3 is 35.8 Å². The molecule has 15 nitrogen and oxygen atoms in total. The SMILES string of the molecule is CCc1cccc(-c2cnc3c(c2)NCC2CN(CC4CCN(CC(=O)NCCNC[C@@H](C(=O)N5CCN(c6ncnc7c6[C@H](C)C[C@H]7O)CC5)c5ccc(Cl)cc5)CC4)CCN2C3=O)c1. The van der Waals surface area contributed by atoms with Crippen molar-refractivity contribution in [2.75, 3.05) is 108 Å². The molecule has 2 aromatic heterocycles. The summed E-state index contributed by atoms with van der Waals surface area (Å²) in [6.45, 7) is 14.3. The van der Waals surface area contributed by atoms with Gasteiger partial charge in [-0.25, -0.2) is 15.0 Å². The molecule has 0 spiro atoms. The number of pyridine rings is 1. The highest BCUT2D eigenvalue weighted by Crippen LogP contribution is 2.43. The molecule has 4 aliphatic heterocycles. The Kier molecular flexibility index (Phi) is 14.5. The topological polar surface area (TPSA) is 162 Å². The van der Waals surface area contributed by atoms with E-state index in [2.05, 4.69) is 89.8 Å². The number of anilines is 2. The maximum absolute atomic E-state index is 14.1. The summed E-state index contributed by atoms with van der Waals surface area (Å²) in [5.41, 5.74) is 7.36. The summed E-state index contributed by atoms with van der Waals surface area (Å²) in [5.74, 6) is 1.26. The van der Waals surface area contributed by atoms with Gasteiger partial charge in [-0.1, -0.05) is 61.8 Å². The van der Waals surface area contributed by atoms with Crippen molar-refractivity contribution in [2.45, 2.75) is 63.5 Å². The average Bonchev–Trinajstić information content (AvgIpc) is 3.56. The molecule has 4 N–H and O–H groups in total. The van der Waals surface area contributed by atoms with E-state index in [-0.39, 0.29) is 29.7 Å². The van der Waals surface area contributed by atoms with Gasteiger partial charge in [-0.15, -0.1) is 0 Å². The molecule has 3 amide bonds. The van der Waals surface area contributed by atoms with Crippen molar-refractivity contribution in [3.63, 3.8) is 0 Å². The Balaban J connectivity index is 0.691. The van der Waals surface area contributed by atoms with E-state index < -0.39 is 12.0 Å². The summed E-state index contributed by atoms with van der Waals surface area (Å²) in [6.07, 6.45) is 6.49. The monoisotopic (exact) mass is 917 g/mol. The van der Waals surface area contributed by atoms with Crippen molar-refractivity contribution in [3.8, 4) is 11.1 Å². The Labute approximate surface area is 393 Å². The van der Waals surface area contributed by atoms with Crippen molar-refractivity contribution in [3.05, 3.63) is 100 Å². The van der Waals surface area contributed by atoms with Gasteiger partial charge in [-0.2, -0.15) is 0 Å². The molecule has 3 saturated heterocycles. The maximum Gasteiger partial charge on any atom is 0.275 e. The van der Waals surface area contributed by atoms with Crippen LogP contribution in [0.2, 0.25) is 5.02 Å². The first-order valence-electron chi connectivity index (χ1n) is 24.0. The quantitative estimate of drug-likeness (QED) is 0.132. The van der Waals surface area contributed by atoms with Crippen LogP contribution in [0.5, 0.6) is 0 Å². The number of hydrogen-bond acceptors (Lipinski definition) is 12. The summed E-state index contributed by atoms with van der Waals surface area (Å²) >= 11 is 6.23. The number of piperidine rings is 1. The largest absolute Gasteiger partial charge is 0.387 e. The van der Waals surface area contributed by atoms with E-state index in [1.165, 1.54) is 11.9 Å². The van der Waals surface area contributed by atoms with Crippen LogP contribution in [0.3, 0.4) is 0 Å². The average molecular weight is 919 g/mol. The van der Waals surface area contributed by atoms with Crippen LogP contribution in [0.1, 0.15) is 83.9 Å². The second-order valence-corrected chi connectivity index (χ2v) is 19.2. The fourth-order valence-electron chi connectivity index (χ4n) is 10.6. The van der Waals surface area contributed by atoms with Crippen LogP contribution in [0.15, 0.2) is 67.1 Å². The molecule has 350 valence electrons. The van der Waals surface area contributed by atoms with Gasteiger partial charge in [0, 0.05) is 101 Å². The first-order chi connectivity index (χ1) is 32.1. The summed E-state index contributed by atoms with van der Waals surface area (Å²) < 4.78 is 0. The first-order valence-corrected chi connectivity index (χ1v) is 24.4. The number of aromatic nitrogens is 3.